The van der Waals surface area contributed by atoms with Crippen LogP contribution in [-0.2, 0) is 14.3 Å². The number of benzene rings is 3. The van der Waals surface area contributed by atoms with Gasteiger partial charge in [0.05, 0.1) is 20.5 Å². The molecule has 0 radical (unpaired) electrons. The first-order chi connectivity index (χ1) is 14.5. The fourth-order valence-electron chi connectivity index (χ4n) is 3.32. The normalized spacial score (nSPS) is 11.5. The van der Waals surface area contributed by atoms with E-state index in [0.29, 0.717) is 11.1 Å². The van der Waals surface area contributed by atoms with Crippen molar-refractivity contribution in [2.24, 2.45) is 0 Å². The van der Waals surface area contributed by atoms with Crippen LogP contribution in [0.3, 0.4) is 0 Å². The summed E-state index contributed by atoms with van der Waals surface area (Å²) in [5, 5.41) is 0. The van der Waals surface area contributed by atoms with E-state index in [9.17, 15) is 9.18 Å². The molecule has 0 aromatic heterocycles. The van der Waals surface area contributed by atoms with Gasteiger partial charge in [-0.15, -0.1) is 0 Å². The van der Waals surface area contributed by atoms with E-state index < -0.39 is 5.97 Å². The molecule has 3 aromatic rings. The standard InChI is InChI=1S/C26H23FO3/c1-18-19(9-7-13-23(18)21-10-6-11-22(27)16-21)14-15-20-8-4-5-12-24(20)25(17-29-2)26(28)30-3/h4-17H,1-3H3/b15-14+,25-17-. The summed E-state index contributed by atoms with van der Waals surface area (Å²) < 4.78 is 23.6. The molecule has 0 N–H and O–H groups in total. The van der Waals surface area contributed by atoms with Crippen molar-refractivity contribution in [3.63, 3.8) is 0 Å². The summed E-state index contributed by atoms with van der Waals surface area (Å²) in [5.74, 6) is -0.732. The molecule has 3 aromatic carbocycles. The van der Waals surface area contributed by atoms with Crippen LogP contribution in [0.4, 0.5) is 4.39 Å². The lowest BCUT2D eigenvalue weighted by atomic mass is 9.95. The number of ether oxygens (including phenoxy) is 2. The van der Waals surface area contributed by atoms with E-state index in [0.717, 1.165) is 27.8 Å². The summed E-state index contributed by atoms with van der Waals surface area (Å²) in [6, 6.07) is 20.0. The van der Waals surface area contributed by atoms with Crippen LogP contribution in [0, 0.1) is 12.7 Å². The van der Waals surface area contributed by atoms with Crippen molar-refractivity contribution in [2.75, 3.05) is 14.2 Å². The molecule has 0 atom stereocenters. The average molecular weight is 402 g/mol. The SMILES string of the molecule is CO/C=C(\C(=O)OC)c1ccccc1/C=C/c1cccc(-c2cccc(F)c2)c1C. The highest BCUT2D eigenvalue weighted by Crippen LogP contribution is 2.28. The van der Waals surface area contributed by atoms with Crippen LogP contribution in [0.5, 0.6) is 0 Å². The van der Waals surface area contributed by atoms with Crippen LogP contribution >= 0.6 is 0 Å². The van der Waals surface area contributed by atoms with Crippen molar-refractivity contribution in [3.05, 3.63) is 101 Å². The predicted molar refractivity (Wildman–Crippen MR) is 119 cm³/mol. The molecule has 0 saturated heterocycles. The van der Waals surface area contributed by atoms with Crippen molar-refractivity contribution >= 4 is 23.7 Å². The summed E-state index contributed by atoms with van der Waals surface area (Å²) in [6.07, 6.45) is 5.31. The molecule has 0 bridgehead atoms. The van der Waals surface area contributed by atoms with Gasteiger partial charge < -0.3 is 9.47 Å². The Bertz CT molecular complexity index is 1110. The van der Waals surface area contributed by atoms with Crippen molar-refractivity contribution in [1.29, 1.82) is 0 Å². The van der Waals surface area contributed by atoms with Gasteiger partial charge in [-0.25, -0.2) is 9.18 Å². The van der Waals surface area contributed by atoms with E-state index in [2.05, 4.69) is 0 Å². The van der Waals surface area contributed by atoms with Crippen molar-refractivity contribution < 1.29 is 18.7 Å². The van der Waals surface area contributed by atoms with Gasteiger partial charge in [0.15, 0.2) is 0 Å². The molecule has 0 spiro atoms. The quantitative estimate of drug-likeness (QED) is 0.215. The first-order valence-electron chi connectivity index (χ1n) is 9.49. The Morgan fingerprint density at radius 1 is 0.900 bits per heavy atom. The maximum absolute atomic E-state index is 13.7. The Balaban J connectivity index is 2.01. The van der Waals surface area contributed by atoms with Gasteiger partial charge in [-0.1, -0.05) is 66.7 Å². The highest BCUT2D eigenvalue weighted by atomic mass is 19.1. The Labute approximate surface area is 176 Å². The number of carbonyl (C=O) groups is 1. The molecule has 0 aliphatic heterocycles. The van der Waals surface area contributed by atoms with Crippen molar-refractivity contribution in [2.45, 2.75) is 6.92 Å². The van der Waals surface area contributed by atoms with E-state index >= 15 is 0 Å². The first kappa shape index (κ1) is 21.1. The monoisotopic (exact) mass is 402 g/mol. The molecule has 3 nitrogen and oxygen atoms in total. The number of halogens is 1. The Hall–Kier alpha value is -3.66. The number of methoxy groups -OCH3 is 2. The van der Waals surface area contributed by atoms with Crippen LogP contribution in [0.1, 0.15) is 22.3 Å². The Morgan fingerprint density at radius 3 is 2.33 bits per heavy atom. The topological polar surface area (TPSA) is 35.5 Å². The van der Waals surface area contributed by atoms with E-state index in [1.807, 2.05) is 67.6 Å². The third kappa shape index (κ3) is 4.66. The maximum Gasteiger partial charge on any atom is 0.341 e. The van der Waals surface area contributed by atoms with Crippen molar-refractivity contribution in [1.82, 2.24) is 0 Å². The molecule has 0 amide bonds. The van der Waals surface area contributed by atoms with Gasteiger partial charge in [0, 0.05) is 0 Å². The lowest BCUT2D eigenvalue weighted by molar-refractivity contribution is -0.133. The van der Waals surface area contributed by atoms with Gasteiger partial charge >= 0.3 is 5.97 Å². The van der Waals surface area contributed by atoms with Crippen LogP contribution < -0.4 is 0 Å². The Kier molecular flexibility index (Phi) is 6.81. The van der Waals surface area contributed by atoms with Crippen LogP contribution in [-0.4, -0.2) is 20.2 Å². The molecule has 152 valence electrons. The zero-order valence-electron chi connectivity index (χ0n) is 17.2. The number of hydrogen-bond donors (Lipinski definition) is 0. The largest absolute Gasteiger partial charge is 0.503 e. The third-order valence-electron chi connectivity index (χ3n) is 4.85. The molecule has 0 saturated carbocycles. The number of esters is 1. The molecule has 0 aliphatic rings. The summed E-state index contributed by atoms with van der Waals surface area (Å²) in [7, 11) is 2.83. The number of carbonyl (C=O) groups excluding carboxylic acids is 1. The maximum atomic E-state index is 13.7. The Morgan fingerprint density at radius 2 is 1.60 bits per heavy atom. The highest BCUT2D eigenvalue weighted by molar-refractivity contribution is 6.17. The smallest absolute Gasteiger partial charge is 0.341 e. The molecule has 0 aliphatic carbocycles. The summed E-state index contributed by atoms with van der Waals surface area (Å²) in [4.78, 5) is 12.2. The molecule has 4 heteroatoms. The van der Waals surface area contributed by atoms with Crippen LogP contribution in [0.2, 0.25) is 0 Å². The van der Waals surface area contributed by atoms with Gasteiger partial charge in [-0.2, -0.15) is 0 Å². The molecular formula is C26H23FO3. The second-order valence-electron chi connectivity index (χ2n) is 6.71. The highest BCUT2D eigenvalue weighted by Gasteiger charge is 2.15. The summed E-state index contributed by atoms with van der Waals surface area (Å²) in [6.45, 7) is 2.01. The molecule has 0 heterocycles. The minimum atomic E-state index is -0.470. The van der Waals surface area contributed by atoms with E-state index in [-0.39, 0.29) is 5.82 Å². The van der Waals surface area contributed by atoms with Gasteiger partial charge in [0.1, 0.15) is 11.4 Å². The van der Waals surface area contributed by atoms with E-state index in [1.165, 1.54) is 32.6 Å². The third-order valence-corrected chi connectivity index (χ3v) is 4.85. The van der Waals surface area contributed by atoms with E-state index in [4.69, 9.17) is 9.47 Å². The predicted octanol–water partition coefficient (Wildman–Crippen LogP) is 6.13. The summed E-state index contributed by atoms with van der Waals surface area (Å²) >= 11 is 0. The van der Waals surface area contributed by atoms with E-state index in [1.54, 1.807) is 6.07 Å². The fraction of sp³-hybridized carbons (Fsp3) is 0.115. The zero-order chi connectivity index (χ0) is 21.5. The lowest BCUT2D eigenvalue weighted by Gasteiger charge is -2.11. The molecule has 3 rings (SSSR count). The molecule has 0 fully saturated rings. The number of rotatable bonds is 6. The van der Waals surface area contributed by atoms with Crippen LogP contribution in [0.15, 0.2) is 73.0 Å². The minimum absolute atomic E-state index is 0.262. The average Bonchev–Trinajstić information content (AvgIpc) is 2.76. The second kappa shape index (κ2) is 9.70. The first-order valence-corrected chi connectivity index (χ1v) is 9.49. The van der Waals surface area contributed by atoms with Gasteiger partial charge in [0.2, 0.25) is 0 Å². The fourth-order valence-corrected chi connectivity index (χ4v) is 3.32. The minimum Gasteiger partial charge on any atom is -0.503 e. The van der Waals surface area contributed by atoms with Crippen molar-refractivity contribution in [3.8, 4) is 11.1 Å². The van der Waals surface area contributed by atoms with Gasteiger partial charge in [-0.05, 0) is 52.4 Å². The van der Waals surface area contributed by atoms with Crippen LogP contribution in [0.25, 0.3) is 28.9 Å². The van der Waals surface area contributed by atoms with Gasteiger partial charge in [0.25, 0.3) is 0 Å². The van der Waals surface area contributed by atoms with Gasteiger partial charge in [-0.3, -0.25) is 0 Å². The molecule has 30 heavy (non-hydrogen) atoms. The summed E-state index contributed by atoms with van der Waals surface area (Å²) in [5.41, 5.74) is 5.74. The lowest BCUT2D eigenvalue weighted by Crippen LogP contribution is -2.05. The molecular weight excluding hydrogens is 379 g/mol. The zero-order valence-corrected chi connectivity index (χ0v) is 17.2. The molecule has 0 unspecified atom stereocenters. The number of hydrogen-bond acceptors (Lipinski definition) is 3. The second-order valence-corrected chi connectivity index (χ2v) is 6.71.